The number of hydrogen-bond acceptors (Lipinski definition) is 2. The van der Waals surface area contributed by atoms with E-state index < -0.39 is 0 Å². The van der Waals surface area contributed by atoms with Crippen LogP contribution in [-0.2, 0) is 0 Å². The Labute approximate surface area is 113 Å². The van der Waals surface area contributed by atoms with E-state index in [1.54, 1.807) is 12.1 Å². The predicted molar refractivity (Wildman–Crippen MR) is 78.1 cm³/mol. The first-order chi connectivity index (χ1) is 8.04. The molecule has 0 aliphatic carbocycles. The summed E-state index contributed by atoms with van der Waals surface area (Å²) in [6, 6.07) is 3.79. The minimum Gasteiger partial charge on any atom is -0.399 e. The van der Waals surface area contributed by atoms with Crippen molar-refractivity contribution in [2.75, 3.05) is 11.1 Å². The molecule has 0 aliphatic rings. The Morgan fingerprint density at radius 2 is 1.82 bits per heavy atom. The zero-order chi connectivity index (χ0) is 12.8. The second kappa shape index (κ2) is 6.97. The van der Waals surface area contributed by atoms with Gasteiger partial charge >= 0.3 is 0 Å². The number of unbranched alkanes of at least 4 members (excludes halogenated alkanes) is 2. The average Bonchev–Trinajstić information content (AvgIpc) is 2.24. The van der Waals surface area contributed by atoms with Crippen LogP contribution >= 0.6 is 23.2 Å². The third-order valence-corrected chi connectivity index (χ3v) is 3.29. The van der Waals surface area contributed by atoms with Crippen molar-refractivity contribution in [1.29, 1.82) is 0 Å². The summed E-state index contributed by atoms with van der Waals surface area (Å²) in [5.41, 5.74) is 7.03. The van der Waals surface area contributed by atoms with Crippen LogP contribution in [0.5, 0.6) is 0 Å². The summed E-state index contributed by atoms with van der Waals surface area (Å²) in [4.78, 5) is 0. The monoisotopic (exact) mass is 274 g/mol. The molecule has 3 N–H and O–H groups in total. The van der Waals surface area contributed by atoms with Crippen molar-refractivity contribution in [2.24, 2.45) is 0 Å². The Morgan fingerprint density at radius 1 is 1.24 bits per heavy atom. The van der Waals surface area contributed by atoms with Crippen LogP contribution in [0, 0.1) is 0 Å². The van der Waals surface area contributed by atoms with Gasteiger partial charge in [0.05, 0.1) is 15.7 Å². The molecule has 0 heterocycles. The minimum atomic E-state index is 0.361. The molecule has 1 unspecified atom stereocenters. The van der Waals surface area contributed by atoms with Gasteiger partial charge in [0.1, 0.15) is 0 Å². The van der Waals surface area contributed by atoms with Crippen LogP contribution in [0.2, 0.25) is 10.0 Å². The third-order valence-electron chi connectivity index (χ3n) is 2.70. The normalized spacial score (nSPS) is 12.5. The van der Waals surface area contributed by atoms with Gasteiger partial charge in [0.25, 0.3) is 0 Å². The maximum absolute atomic E-state index is 6.11. The topological polar surface area (TPSA) is 38.0 Å². The fourth-order valence-corrected chi connectivity index (χ4v) is 2.36. The van der Waals surface area contributed by atoms with E-state index in [1.165, 1.54) is 19.3 Å². The van der Waals surface area contributed by atoms with Gasteiger partial charge < -0.3 is 11.1 Å². The Kier molecular flexibility index (Phi) is 5.93. The van der Waals surface area contributed by atoms with E-state index in [0.717, 1.165) is 12.1 Å². The highest BCUT2D eigenvalue weighted by Gasteiger charge is 2.10. The molecule has 0 bridgehead atoms. The molecule has 0 saturated heterocycles. The molecule has 0 spiro atoms. The van der Waals surface area contributed by atoms with Gasteiger partial charge in [-0.1, -0.05) is 49.4 Å². The minimum absolute atomic E-state index is 0.361. The molecule has 1 atom stereocenters. The van der Waals surface area contributed by atoms with E-state index in [9.17, 15) is 0 Å². The summed E-state index contributed by atoms with van der Waals surface area (Å²) in [5, 5.41) is 4.51. The molecule has 4 heteroatoms. The molecule has 2 nitrogen and oxygen atoms in total. The number of benzene rings is 1. The van der Waals surface area contributed by atoms with Crippen molar-refractivity contribution >= 4 is 34.6 Å². The lowest BCUT2D eigenvalue weighted by Gasteiger charge is -2.17. The summed E-state index contributed by atoms with van der Waals surface area (Å²) in [5.74, 6) is 0. The summed E-state index contributed by atoms with van der Waals surface area (Å²) >= 11 is 12.2. The van der Waals surface area contributed by atoms with E-state index in [2.05, 4.69) is 19.2 Å². The van der Waals surface area contributed by atoms with Crippen molar-refractivity contribution in [3.8, 4) is 0 Å². The number of nitrogen functional groups attached to an aromatic ring is 1. The molecule has 0 radical (unpaired) electrons. The van der Waals surface area contributed by atoms with Crippen molar-refractivity contribution < 1.29 is 0 Å². The number of rotatable bonds is 6. The molecule has 17 heavy (non-hydrogen) atoms. The lowest BCUT2D eigenvalue weighted by Crippen LogP contribution is -2.15. The maximum atomic E-state index is 6.11. The smallest absolute Gasteiger partial charge is 0.0722 e. The Hall–Kier alpha value is -0.600. The van der Waals surface area contributed by atoms with Gasteiger partial charge in [-0.25, -0.2) is 0 Å². The molecule has 0 aliphatic heterocycles. The number of hydrogen-bond donors (Lipinski definition) is 2. The first-order valence-electron chi connectivity index (χ1n) is 6.05. The first-order valence-corrected chi connectivity index (χ1v) is 6.81. The quantitative estimate of drug-likeness (QED) is 0.569. The lowest BCUT2D eigenvalue weighted by molar-refractivity contribution is 0.615. The molecular weight excluding hydrogens is 255 g/mol. The SMILES string of the molecule is CCCCCC(C)Nc1c(Cl)cc(N)cc1Cl. The summed E-state index contributed by atoms with van der Waals surface area (Å²) < 4.78 is 0. The summed E-state index contributed by atoms with van der Waals surface area (Å²) in [7, 11) is 0. The molecule has 0 aromatic heterocycles. The maximum Gasteiger partial charge on any atom is 0.0722 e. The van der Waals surface area contributed by atoms with Gasteiger partial charge in [-0.05, 0) is 25.5 Å². The summed E-state index contributed by atoms with van der Waals surface area (Å²) in [6.45, 7) is 4.34. The standard InChI is InChI=1S/C13H20Cl2N2/c1-3-4-5-6-9(2)17-13-11(14)7-10(16)8-12(13)15/h7-9,17H,3-6,16H2,1-2H3. The van der Waals surface area contributed by atoms with Crippen LogP contribution in [0.15, 0.2) is 12.1 Å². The average molecular weight is 275 g/mol. The predicted octanol–water partition coefficient (Wildman–Crippen LogP) is 4.96. The Balaban J connectivity index is 2.61. The molecule has 1 aromatic carbocycles. The number of nitrogens with one attached hydrogen (secondary N) is 1. The van der Waals surface area contributed by atoms with Crippen LogP contribution in [0.25, 0.3) is 0 Å². The van der Waals surface area contributed by atoms with E-state index >= 15 is 0 Å². The van der Waals surface area contributed by atoms with Crippen LogP contribution in [0.3, 0.4) is 0 Å². The zero-order valence-electron chi connectivity index (χ0n) is 10.4. The largest absolute Gasteiger partial charge is 0.399 e. The molecular formula is C13H20Cl2N2. The van der Waals surface area contributed by atoms with E-state index in [0.29, 0.717) is 21.8 Å². The molecule has 1 aromatic rings. The molecule has 96 valence electrons. The number of anilines is 2. The van der Waals surface area contributed by atoms with Gasteiger partial charge in [-0.3, -0.25) is 0 Å². The van der Waals surface area contributed by atoms with E-state index in [4.69, 9.17) is 28.9 Å². The van der Waals surface area contributed by atoms with Crippen LogP contribution < -0.4 is 11.1 Å². The molecule has 0 fully saturated rings. The molecule has 1 rings (SSSR count). The first kappa shape index (κ1) is 14.5. The third kappa shape index (κ3) is 4.64. The van der Waals surface area contributed by atoms with Gasteiger partial charge in [0, 0.05) is 11.7 Å². The van der Waals surface area contributed by atoms with Gasteiger partial charge in [-0.15, -0.1) is 0 Å². The number of nitrogens with two attached hydrogens (primary N) is 1. The second-order valence-electron chi connectivity index (χ2n) is 4.40. The zero-order valence-corrected chi connectivity index (χ0v) is 11.9. The van der Waals surface area contributed by atoms with Crippen molar-refractivity contribution in [1.82, 2.24) is 0 Å². The van der Waals surface area contributed by atoms with E-state index in [-0.39, 0.29) is 0 Å². The van der Waals surface area contributed by atoms with Crippen molar-refractivity contribution in [3.63, 3.8) is 0 Å². The van der Waals surface area contributed by atoms with Gasteiger partial charge in [0.15, 0.2) is 0 Å². The number of halogens is 2. The Bertz CT molecular complexity index is 343. The molecule has 0 saturated carbocycles. The molecule has 0 amide bonds. The van der Waals surface area contributed by atoms with Crippen LogP contribution in [-0.4, -0.2) is 6.04 Å². The highest BCUT2D eigenvalue weighted by Crippen LogP contribution is 2.33. The fraction of sp³-hybridized carbons (Fsp3) is 0.538. The van der Waals surface area contributed by atoms with Crippen LogP contribution in [0.1, 0.15) is 39.5 Å². The van der Waals surface area contributed by atoms with Gasteiger partial charge in [0.2, 0.25) is 0 Å². The van der Waals surface area contributed by atoms with Gasteiger partial charge in [-0.2, -0.15) is 0 Å². The Morgan fingerprint density at radius 3 is 2.35 bits per heavy atom. The highest BCUT2D eigenvalue weighted by molar-refractivity contribution is 6.39. The highest BCUT2D eigenvalue weighted by atomic mass is 35.5. The fourth-order valence-electron chi connectivity index (χ4n) is 1.75. The van der Waals surface area contributed by atoms with Crippen molar-refractivity contribution in [3.05, 3.63) is 22.2 Å². The van der Waals surface area contributed by atoms with Crippen molar-refractivity contribution in [2.45, 2.75) is 45.6 Å². The summed E-state index contributed by atoms with van der Waals surface area (Å²) in [6.07, 6.45) is 4.82. The second-order valence-corrected chi connectivity index (χ2v) is 5.22. The lowest BCUT2D eigenvalue weighted by atomic mass is 10.1. The van der Waals surface area contributed by atoms with Crippen LogP contribution in [0.4, 0.5) is 11.4 Å². The van der Waals surface area contributed by atoms with E-state index in [1.807, 2.05) is 0 Å².